The smallest absolute Gasteiger partial charge is 0.0708 e. The van der Waals surface area contributed by atoms with Gasteiger partial charge >= 0.3 is 0 Å². The van der Waals surface area contributed by atoms with E-state index in [0.29, 0.717) is 0 Å². The van der Waals surface area contributed by atoms with Crippen LogP contribution >= 0.6 is 0 Å². The van der Waals surface area contributed by atoms with Crippen molar-refractivity contribution in [1.82, 2.24) is 14.1 Å². The summed E-state index contributed by atoms with van der Waals surface area (Å²) in [6.07, 6.45) is 1.87. The number of rotatable bonds is 4. The third kappa shape index (κ3) is 4.70. The van der Waals surface area contributed by atoms with E-state index in [4.69, 9.17) is 4.98 Å². The summed E-state index contributed by atoms with van der Waals surface area (Å²) >= 11 is 0. The van der Waals surface area contributed by atoms with Crippen LogP contribution in [-0.4, -0.2) is 14.1 Å². The predicted octanol–water partition coefficient (Wildman–Crippen LogP) is 13.0. The number of fused-ring (bicyclic) bond motifs is 7. The van der Waals surface area contributed by atoms with Crippen molar-refractivity contribution in [1.29, 1.82) is 0 Å². The van der Waals surface area contributed by atoms with Gasteiger partial charge in [-0.15, -0.1) is 0 Å². The summed E-state index contributed by atoms with van der Waals surface area (Å²) in [6.45, 7) is 8.73. The Morgan fingerprint density at radius 3 is 1.52 bits per heavy atom. The molecule has 0 aliphatic rings. The monoisotopic (exact) mass is 667 g/mol. The Labute approximate surface area is 303 Å². The Hall–Kier alpha value is -6.45. The number of aromatic nitrogens is 3. The first-order valence-electron chi connectivity index (χ1n) is 18.0. The summed E-state index contributed by atoms with van der Waals surface area (Å²) in [5.74, 6) is 0. The Bertz CT molecular complexity index is 2950. The fourth-order valence-electron chi connectivity index (χ4n) is 8.32. The second-order valence-electron chi connectivity index (χ2n) is 14.4. The van der Waals surface area contributed by atoms with E-state index in [1.165, 1.54) is 82.6 Å². The molecular weight excluding hydrogens is 631 g/mol. The molecule has 248 valence electrons. The maximum Gasteiger partial charge on any atom is 0.0708 e. The number of benzene rings is 7. The summed E-state index contributed by atoms with van der Waals surface area (Å²) in [5.41, 5.74) is 17.8. The third-order valence-electron chi connectivity index (χ3n) is 10.8. The third-order valence-corrected chi connectivity index (χ3v) is 10.8. The quantitative estimate of drug-likeness (QED) is 0.183. The first-order chi connectivity index (χ1) is 25.4. The van der Waals surface area contributed by atoms with E-state index in [1.54, 1.807) is 0 Å². The maximum absolute atomic E-state index is 4.70. The summed E-state index contributed by atoms with van der Waals surface area (Å²) in [7, 11) is 0. The fraction of sp³-hybridized carbons (Fsp3) is 0.0816. The molecule has 10 aromatic rings. The van der Waals surface area contributed by atoms with Gasteiger partial charge in [0.15, 0.2) is 0 Å². The number of nitrogens with zero attached hydrogens (tertiary/aromatic N) is 3. The lowest BCUT2D eigenvalue weighted by atomic mass is 9.92. The standard InChI is InChI=1S/C49H37N3/c1-30-11-19-45-40(24-30)41-25-31(2)12-20-46(41)51(45)36-17-18-39(38-10-6-5-9-37(38)35-16-15-34-8-7-23-50-44(34)28-35)49(29-36)52-47-21-13-32(3)26-42(47)43-27-33(4)14-22-48(43)52/h5-29H,1-4H3. The molecule has 0 saturated heterocycles. The lowest BCUT2D eigenvalue weighted by Crippen LogP contribution is -2.02. The highest BCUT2D eigenvalue weighted by atomic mass is 15.0. The van der Waals surface area contributed by atoms with Gasteiger partial charge in [0.1, 0.15) is 0 Å². The van der Waals surface area contributed by atoms with E-state index in [2.05, 4.69) is 176 Å². The Morgan fingerprint density at radius 1 is 0.404 bits per heavy atom. The molecule has 7 aromatic carbocycles. The summed E-state index contributed by atoms with van der Waals surface area (Å²) < 4.78 is 4.93. The molecule has 0 aliphatic heterocycles. The van der Waals surface area contributed by atoms with Crippen molar-refractivity contribution in [3.8, 4) is 33.6 Å². The number of aryl methyl sites for hydroxylation is 4. The van der Waals surface area contributed by atoms with Crippen LogP contribution in [0.3, 0.4) is 0 Å². The molecule has 3 aromatic heterocycles. The predicted molar refractivity (Wildman–Crippen MR) is 220 cm³/mol. The molecule has 3 heterocycles. The highest BCUT2D eigenvalue weighted by Gasteiger charge is 2.21. The zero-order valence-electron chi connectivity index (χ0n) is 29.8. The first-order valence-corrected chi connectivity index (χ1v) is 18.0. The topological polar surface area (TPSA) is 22.8 Å². The van der Waals surface area contributed by atoms with Crippen LogP contribution in [0, 0.1) is 27.7 Å². The fourth-order valence-corrected chi connectivity index (χ4v) is 8.32. The molecule has 0 atom stereocenters. The maximum atomic E-state index is 4.70. The van der Waals surface area contributed by atoms with Gasteiger partial charge in [-0.05, 0) is 117 Å². The van der Waals surface area contributed by atoms with Gasteiger partial charge in [0.25, 0.3) is 0 Å². The van der Waals surface area contributed by atoms with Crippen LogP contribution < -0.4 is 0 Å². The van der Waals surface area contributed by atoms with E-state index in [9.17, 15) is 0 Å². The minimum absolute atomic E-state index is 0.996. The molecule has 0 N–H and O–H groups in total. The van der Waals surface area contributed by atoms with E-state index in [1.807, 2.05) is 12.3 Å². The molecule has 0 radical (unpaired) electrons. The van der Waals surface area contributed by atoms with E-state index in [0.717, 1.165) is 27.8 Å². The minimum atomic E-state index is 0.996. The van der Waals surface area contributed by atoms with Crippen molar-refractivity contribution in [2.24, 2.45) is 0 Å². The Morgan fingerprint density at radius 2 is 0.942 bits per heavy atom. The lowest BCUT2D eigenvalue weighted by molar-refractivity contribution is 1.13. The molecule has 10 rings (SSSR count). The zero-order chi connectivity index (χ0) is 35.1. The van der Waals surface area contributed by atoms with Crippen LogP contribution in [-0.2, 0) is 0 Å². The van der Waals surface area contributed by atoms with Gasteiger partial charge in [-0.2, -0.15) is 0 Å². The largest absolute Gasteiger partial charge is 0.309 e. The molecule has 0 bridgehead atoms. The van der Waals surface area contributed by atoms with Crippen molar-refractivity contribution in [3.63, 3.8) is 0 Å². The Kier molecular flexibility index (Phi) is 6.74. The summed E-state index contributed by atoms with van der Waals surface area (Å²) in [5, 5.41) is 6.24. The van der Waals surface area contributed by atoms with Gasteiger partial charge in [-0.25, -0.2) is 0 Å². The SMILES string of the molecule is Cc1ccc2c(c1)c1cc(C)ccc1n2-c1ccc(-c2ccccc2-c2ccc3cccnc3c2)c(-n2c3ccc(C)cc3c3cc(C)ccc32)c1. The van der Waals surface area contributed by atoms with Crippen molar-refractivity contribution < 1.29 is 0 Å². The summed E-state index contributed by atoms with van der Waals surface area (Å²) in [4.78, 5) is 4.70. The molecular formula is C49H37N3. The number of hydrogen-bond acceptors (Lipinski definition) is 1. The highest BCUT2D eigenvalue weighted by Crippen LogP contribution is 2.42. The molecule has 3 nitrogen and oxygen atoms in total. The minimum Gasteiger partial charge on any atom is -0.309 e. The molecule has 0 aliphatic carbocycles. The average molecular weight is 668 g/mol. The van der Waals surface area contributed by atoms with E-state index in [-0.39, 0.29) is 0 Å². The normalized spacial score (nSPS) is 11.8. The molecule has 52 heavy (non-hydrogen) atoms. The molecule has 0 amide bonds. The average Bonchev–Trinajstić information content (AvgIpc) is 3.65. The molecule has 0 spiro atoms. The highest BCUT2D eigenvalue weighted by molar-refractivity contribution is 6.12. The van der Waals surface area contributed by atoms with Crippen LogP contribution in [0.25, 0.3) is 88.1 Å². The van der Waals surface area contributed by atoms with E-state index >= 15 is 0 Å². The van der Waals surface area contributed by atoms with Gasteiger partial charge in [0, 0.05) is 44.4 Å². The molecule has 3 heteroatoms. The number of pyridine rings is 1. The van der Waals surface area contributed by atoms with Gasteiger partial charge in [-0.1, -0.05) is 95.1 Å². The van der Waals surface area contributed by atoms with Gasteiger partial charge in [0.2, 0.25) is 0 Å². The van der Waals surface area contributed by atoms with Gasteiger partial charge in [0.05, 0.1) is 33.3 Å². The second-order valence-corrected chi connectivity index (χ2v) is 14.4. The van der Waals surface area contributed by atoms with Crippen LogP contribution in [0.15, 0.2) is 152 Å². The van der Waals surface area contributed by atoms with Crippen molar-refractivity contribution in [3.05, 3.63) is 174 Å². The van der Waals surface area contributed by atoms with Crippen LogP contribution in [0.5, 0.6) is 0 Å². The molecule has 0 saturated carbocycles. The first kappa shape index (κ1) is 30.4. The summed E-state index contributed by atoms with van der Waals surface area (Å²) in [6, 6.07) is 54.0. The zero-order valence-corrected chi connectivity index (χ0v) is 29.8. The van der Waals surface area contributed by atoms with Gasteiger partial charge < -0.3 is 9.13 Å². The lowest BCUT2D eigenvalue weighted by Gasteiger charge is -2.19. The van der Waals surface area contributed by atoms with Crippen molar-refractivity contribution >= 4 is 54.5 Å². The number of hydrogen-bond donors (Lipinski definition) is 0. The van der Waals surface area contributed by atoms with E-state index < -0.39 is 0 Å². The molecule has 0 fully saturated rings. The van der Waals surface area contributed by atoms with Crippen LogP contribution in [0.2, 0.25) is 0 Å². The van der Waals surface area contributed by atoms with Crippen molar-refractivity contribution in [2.45, 2.75) is 27.7 Å². The Balaban J connectivity index is 1.31. The van der Waals surface area contributed by atoms with Crippen LogP contribution in [0.4, 0.5) is 0 Å². The van der Waals surface area contributed by atoms with Crippen molar-refractivity contribution in [2.75, 3.05) is 0 Å². The second kappa shape index (κ2) is 11.5. The van der Waals surface area contributed by atoms with Crippen LogP contribution in [0.1, 0.15) is 22.3 Å². The molecule has 0 unspecified atom stereocenters. The van der Waals surface area contributed by atoms with Gasteiger partial charge in [-0.3, -0.25) is 4.98 Å².